The van der Waals surface area contributed by atoms with E-state index in [9.17, 15) is 14.7 Å². The van der Waals surface area contributed by atoms with Crippen LogP contribution >= 0.6 is 0 Å². The van der Waals surface area contributed by atoms with Crippen molar-refractivity contribution in [1.29, 1.82) is 0 Å². The Morgan fingerprint density at radius 3 is 2.62 bits per heavy atom. The summed E-state index contributed by atoms with van der Waals surface area (Å²) in [5.41, 5.74) is 2.63. The number of amides is 2. The molecule has 9 nitrogen and oxygen atoms in total. The smallest absolute Gasteiger partial charge is 0.272 e. The highest BCUT2D eigenvalue weighted by atomic mass is 16.3. The van der Waals surface area contributed by atoms with Gasteiger partial charge in [-0.3, -0.25) is 19.3 Å². The van der Waals surface area contributed by atoms with Gasteiger partial charge in [0.25, 0.3) is 11.8 Å². The molecule has 0 saturated carbocycles. The SMILES string of the molecule is CCCC1CCCCN1C(=O)c1cc(C(=O)N[C@@H](Cc2ccccc2)[C@@H](O)CNCc2cccnc2)nn1CC. The lowest BCUT2D eigenvalue weighted by molar-refractivity contribution is 0.0588. The molecule has 214 valence electrons. The largest absolute Gasteiger partial charge is 0.390 e. The first-order valence-electron chi connectivity index (χ1n) is 14.5. The van der Waals surface area contributed by atoms with Crippen LogP contribution in [0.5, 0.6) is 0 Å². The maximum Gasteiger partial charge on any atom is 0.272 e. The van der Waals surface area contributed by atoms with Crippen molar-refractivity contribution >= 4 is 11.8 Å². The van der Waals surface area contributed by atoms with E-state index in [1.54, 1.807) is 23.1 Å². The molecule has 0 radical (unpaired) electrons. The van der Waals surface area contributed by atoms with Crippen molar-refractivity contribution in [2.24, 2.45) is 0 Å². The van der Waals surface area contributed by atoms with Gasteiger partial charge in [0.2, 0.25) is 0 Å². The molecular weight excluding hydrogens is 504 g/mol. The second kappa shape index (κ2) is 14.7. The molecule has 0 spiro atoms. The van der Waals surface area contributed by atoms with Crippen molar-refractivity contribution in [3.63, 3.8) is 0 Å². The summed E-state index contributed by atoms with van der Waals surface area (Å²) in [4.78, 5) is 33.1. The molecule has 1 fully saturated rings. The average Bonchev–Trinajstić information content (AvgIpc) is 3.43. The Morgan fingerprint density at radius 1 is 1.10 bits per heavy atom. The summed E-state index contributed by atoms with van der Waals surface area (Å²) in [5.74, 6) is -0.468. The summed E-state index contributed by atoms with van der Waals surface area (Å²) >= 11 is 0. The fourth-order valence-electron chi connectivity index (χ4n) is 5.39. The monoisotopic (exact) mass is 546 g/mol. The third kappa shape index (κ3) is 7.76. The van der Waals surface area contributed by atoms with Crippen molar-refractivity contribution in [1.82, 2.24) is 30.3 Å². The Hall–Kier alpha value is -3.56. The number of hydrogen-bond donors (Lipinski definition) is 3. The van der Waals surface area contributed by atoms with E-state index in [0.717, 1.165) is 49.8 Å². The molecule has 1 aromatic carbocycles. The van der Waals surface area contributed by atoms with E-state index in [0.29, 0.717) is 25.2 Å². The maximum absolute atomic E-state index is 13.6. The first-order valence-corrected chi connectivity index (χ1v) is 14.5. The predicted molar refractivity (Wildman–Crippen MR) is 155 cm³/mol. The van der Waals surface area contributed by atoms with Crippen LogP contribution in [-0.2, 0) is 19.5 Å². The van der Waals surface area contributed by atoms with Gasteiger partial charge in [-0.05, 0) is 56.2 Å². The minimum Gasteiger partial charge on any atom is -0.390 e. The van der Waals surface area contributed by atoms with Crippen molar-refractivity contribution in [3.8, 4) is 0 Å². The standard InChI is InChI=1S/C31H42N6O3/c1-3-11-25-15-8-9-17-36(25)31(40)28-19-27(35-37(28)4-2)30(39)34-26(18-23-12-6-5-7-13-23)29(38)22-33-21-24-14-10-16-32-20-24/h5-7,10,12-14,16,19-20,25-26,29,33,38H,3-4,8-9,11,15,17-18,21-22H2,1-2H3,(H,34,39)/t25?,26-,29-/m0/s1. The molecule has 40 heavy (non-hydrogen) atoms. The van der Waals surface area contributed by atoms with Gasteiger partial charge in [-0.1, -0.05) is 49.7 Å². The van der Waals surface area contributed by atoms with Crippen LogP contribution in [0.25, 0.3) is 0 Å². The number of piperidine rings is 1. The second-order valence-electron chi connectivity index (χ2n) is 10.5. The third-order valence-electron chi connectivity index (χ3n) is 7.53. The quantitative estimate of drug-likeness (QED) is 0.302. The molecule has 0 aliphatic carbocycles. The molecule has 3 atom stereocenters. The molecule has 3 heterocycles. The topological polar surface area (TPSA) is 112 Å². The number of likely N-dealkylation sites (tertiary alicyclic amines) is 1. The van der Waals surface area contributed by atoms with Gasteiger partial charge in [0.15, 0.2) is 5.69 Å². The van der Waals surface area contributed by atoms with Crippen molar-refractivity contribution < 1.29 is 14.7 Å². The number of aryl methyl sites for hydroxylation is 1. The van der Waals surface area contributed by atoms with E-state index in [-0.39, 0.29) is 24.2 Å². The Bertz CT molecular complexity index is 1210. The molecule has 1 unspecified atom stereocenters. The number of benzene rings is 1. The number of rotatable bonds is 13. The Labute approximate surface area is 237 Å². The van der Waals surface area contributed by atoms with Crippen LogP contribution in [0.4, 0.5) is 0 Å². The number of hydrogen-bond acceptors (Lipinski definition) is 6. The van der Waals surface area contributed by atoms with Gasteiger partial charge in [0.1, 0.15) is 5.69 Å². The zero-order valence-electron chi connectivity index (χ0n) is 23.6. The lowest BCUT2D eigenvalue weighted by Crippen LogP contribution is -2.48. The van der Waals surface area contributed by atoms with Crippen LogP contribution in [0.2, 0.25) is 0 Å². The van der Waals surface area contributed by atoms with E-state index < -0.39 is 18.1 Å². The van der Waals surface area contributed by atoms with Gasteiger partial charge in [0, 0.05) is 50.7 Å². The highest BCUT2D eigenvalue weighted by Crippen LogP contribution is 2.23. The van der Waals surface area contributed by atoms with Crippen LogP contribution in [0.1, 0.15) is 78.1 Å². The maximum atomic E-state index is 13.6. The van der Waals surface area contributed by atoms with E-state index in [2.05, 4.69) is 27.6 Å². The van der Waals surface area contributed by atoms with E-state index in [1.165, 1.54) is 0 Å². The van der Waals surface area contributed by atoms with E-state index in [1.807, 2.05) is 54.3 Å². The molecule has 0 bridgehead atoms. The predicted octanol–water partition coefficient (Wildman–Crippen LogP) is 3.58. The molecule has 1 aliphatic heterocycles. The molecule has 1 aliphatic rings. The fourth-order valence-corrected chi connectivity index (χ4v) is 5.39. The number of aliphatic hydroxyl groups excluding tert-OH is 1. The fraction of sp³-hybridized carbons (Fsp3) is 0.484. The third-order valence-corrected chi connectivity index (χ3v) is 7.53. The molecule has 9 heteroatoms. The van der Waals surface area contributed by atoms with Gasteiger partial charge in [0.05, 0.1) is 12.1 Å². The second-order valence-corrected chi connectivity index (χ2v) is 10.5. The number of nitrogens with one attached hydrogen (secondary N) is 2. The molecule has 2 aromatic heterocycles. The molecule has 3 aromatic rings. The van der Waals surface area contributed by atoms with Gasteiger partial charge in [-0.25, -0.2) is 0 Å². The number of carbonyl (C=O) groups excluding carboxylic acids is 2. The van der Waals surface area contributed by atoms with Crippen LogP contribution in [-0.4, -0.2) is 67.9 Å². The normalized spacial score (nSPS) is 16.9. The van der Waals surface area contributed by atoms with Crippen LogP contribution in [0.15, 0.2) is 60.9 Å². The van der Waals surface area contributed by atoms with Crippen molar-refractivity contribution in [3.05, 3.63) is 83.4 Å². The zero-order valence-corrected chi connectivity index (χ0v) is 23.6. The van der Waals surface area contributed by atoms with E-state index in [4.69, 9.17) is 0 Å². The van der Waals surface area contributed by atoms with Gasteiger partial charge < -0.3 is 20.6 Å². The minimum absolute atomic E-state index is 0.0629. The zero-order chi connectivity index (χ0) is 28.3. The Balaban J connectivity index is 1.47. The number of carbonyl (C=O) groups is 2. The lowest BCUT2D eigenvalue weighted by Gasteiger charge is -2.35. The number of aliphatic hydroxyl groups is 1. The molecule has 2 amide bonds. The van der Waals surface area contributed by atoms with Crippen LogP contribution in [0, 0.1) is 0 Å². The summed E-state index contributed by atoms with van der Waals surface area (Å²) in [6, 6.07) is 14.9. The first kappa shape index (κ1) is 29.4. The van der Waals surface area contributed by atoms with E-state index >= 15 is 0 Å². The number of pyridine rings is 1. The van der Waals surface area contributed by atoms with Crippen molar-refractivity contribution in [2.45, 2.75) is 83.6 Å². The highest BCUT2D eigenvalue weighted by Gasteiger charge is 2.31. The van der Waals surface area contributed by atoms with Crippen LogP contribution < -0.4 is 10.6 Å². The van der Waals surface area contributed by atoms with Crippen LogP contribution in [0.3, 0.4) is 0 Å². The average molecular weight is 547 g/mol. The van der Waals surface area contributed by atoms with Crippen molar-refractivity contribution in [2.75, 3.05) is 13.1 Å². The Morgan fingerprint density at radius 2 is 1.90 bits per heavy atom. The van der Waals surface area contributed by atoms with Gasteiger partial charge in [-0.15, -0.1) is 0 Å². The summed E-state index contributed by atoms with van der Waals surface area (Å²) < 4.78 is 1.62. The molecular formula is C31H42N6O3. The number of aromatic nitrogens is 3. The summed E-state index contributed by atoms with van der Waals surface area (Å²) in [6.45, 7) is 6.12. The lowest BCUT2D eigenvalue weighted by atomic mass is 9.98. The summed E-state index contributed by atoms with van der Waals surface area (Å²) in [7, 11) is 0. The highest BCUT2D eigenvalue weighted by molar-refractivity contribution is 5.98. The minimum atomic E-state index is -0.849. The molecule has 3 N–H and O–H groups in total. The van der Waals surface area contributed by atoms with Gasteiger partial charge >= 0.3 is 0 Å². The molecule has 1 saturated heterocycles. The first-order chi connectivity index (χ1) is 19.5. The van der Waals surface area contributed by atoms with Gasteiger partial charge in [-0.2, -0.15) is 5.10 Å². The summed E-state index contributed by atoms with van der Waals surface area (Å²) in [6.07, 6.45) is 8.25. The number of nitrogens with zero attached hydrogens (tertiary/aromatic N) is 4. The molecule has 4 rings (SSSR count). The summed E-state index contributed by atoms with van der Waals surface area (Å²) in [5, 5.41) is 21.9. The Kier molecular flexibility index (Phi) is 10.8.